The van der Waals surface area contributed by atoms with Crippen LogP contribution in [0, 0.1) is 0 Å². The molecule has 0 aliphatic carbocycles. The second-order valence-electron chi connectivity index (χ2n) is 3.52. The number of nitrogen functional groups attached to an aromatic ring is 1. The van der Waals surface area contributed by atoms with Crippen molar-refractivity contribution in [3.63, 3.8) is 0 Å². The summed E-state index contributed by atoms with van der Waals surface area (Å²) < 4.78 is 1.69. The zero-order valence-corrected chi connectivity index (χ0v) is 9.38. The minimum atomic E-state index is 0.376. The van der Waals surface area contributed by atoms with Gasteiger partial charge in [0.1, 0.15) is 5.69 Å². The van der Waals surface area contributed by atoms with E-state index in [1.54, 1.807) is 17.1 Å². The van der Waals surface area contributed by atoms with E-state index in [2.05, 4.69) is 27.0 Å². The van der Waals surface area contributed by atoms with Crippen molar-refractivity contribution in [1.29, 1.82) is 0 Å². The Hall–Kier alpha value is -1.98. The number of nitrogens with zero attached hydrogens (tertiary/aromatic N) is 5. The molecule has 0 saturated heterocycles. The number of rotatable bonds is 3. The summed E-state index contributed by atoms with van der Waals surface area (Å²) in [6.45, 7) is 2.09. The van der Waals surface area contributed by atoms with E-state index in [1.807, 2.05) is 7.05 Å². The first-order chi connectivity index (χ1) is 7.72. The van der Waals surface area contributed by atoms with Gasteiger partial charge >= 0.3 is 0 Å². The van der Waals surface area contributed by atoms with E-state index < -0.39 is 0 Å². The molecule has 0 radical (unpaired) electrons. The zero-order valence-electron chi connectivity index (χ0n) is 9.38. The van der Waals surface area contributed by atoms with Crippen molar-refractivity contribution >= 4 is 5.82 Å². The largest absolute Gasteiger partial charge is 0.382 e. The van der Waals surface area contributed by atoms with Gasteiger partial charge in [0.15, 0.2) is 17.5 Å². The van der Waals surface area contributed by atoms with Crippen LogP contribution in [0.15, 0.2) is 12.4 Å². The maximum absolute atomic E-state index is 5.75. The molecule has 16 heavy (non-hydrogen) atoms. The van der Waals surface area contributed by atoms with E-state index in [0.717, 1.165) is 18.7 Å². The van der Waals surface area contributed by atoms with Gasteiger partial charge in [-0.2, -0.15) is 5.10 Å². The summed E-state index contributed by atoms with van der Waals surface area (Å²) in [7, 11) is 1.83. The molecule has 2 N–H and O–H groups in total. The molecule has 0 fully saturated rings. The summed E-state index contributed by atoms with van der Waals surface area (Å²) >= 11 is 0. The molecule has 0 bridgehead atoms. The van der Waals surface area contributed by atoms with Gasteiger partial charge in [-0.3, -0.25) is 0 Å². The highest BCUT2D eigenvalue weighted by Crippen LogP contribution is 2.18. The van der Waals surface area contributed by atoms with Crippen molar-refractivity contribution in [2.24, 2.45) is 7.05 Å². The van der Waals surface area contributed by atoms with Crippen molar-refractivity contribution in [3.8, 4) is 11.5 Å². The van der Waals surface area contributed by atoms with Gasteiger partial charge in [-0.15, -0.1) is 0 Å². The minimum absolute atomic E-state index is 0.376. The third-order valence-electron chi connectivity index (χ3n) is 2.22. The van der Waals surface area contributed by atoms with Gasteiger partial charge in [0, 0.05) is 25.9 Å². The Labute approximate surface area is 93.6 Å². The molecule has 0 saturated carbocycles. The molecule has 0 aromatic carbocycles. The Morgan fingerprint density at radius 3 is 2.75 bits per heavy atom. The topological polar surface area (TPSA) is 82.5 Å². The molecule has 2 aromatic rings. The first kappa shape index (κ1) is 10.5. The van der Waals surface area contributed by atoms with Crippen molar-refractivity contribution in [3.05, 3.63) is 18.2 Å². The first-order valence-corrected chi connectivity index (χ1v) is 5.19. The van der Waals surface area contributed by atoms with Crippen LogP contribution in [0.4, 0.5) is 5.82 Å². The van der Waals surface area contributed by atoms with Crippen LogP contribution in [0.1, 0.15) is 19.2 Å². The normalized spacial score (nSPS) is 10.6. The maximum Gasteiger partial charge on any atom is 0.180 e. The van der Waals surface area contributed by atoms with Crippen LogP contribution in [0.3, 0.4) is 0 Å². The van der Waals surface area contributed by atoms with Gasteiger partial charge in [0.2, 0.25) is 0 Å². The molecule has 2 heterocycles. The predicted molar refractivity (Wildman–Crippen MR) is 60.4 cm³/mol. The average molecular weight is 218 g/mol. The third kappa shape index (κ3) is 1.86. The highest BCUT2D eigenvalue weighted by atomic mass is 15.3. The standard InChI is InChI=1S/C10H14N6/c1-3-4-7-14-10(16(2)15-7)8-9(11)13-6-5-12-8/h5-6H,3-4H2,1-2H3,(H2,11,13). The highest BCUT2D eigenvalue weighted by Gasteiger charge is 2.13. The number of hydrogen-bond acceptors (Lipinski definition) is 5. The molecule has 0 spiro atoms. The quantitative estimate of drug-likeness (QED) is 0.824. The SMILES string of the molecule is CCCc1nc(-c2nccnc2N)n(C)n1. The van der Waals surface area contributed by atoms with E-state index in [4.69, 9.17) is 5.73 Å². The maximum atomic E-state index is 5.75. The Balaban J connectivity index is 2.44. The average Bonchev–Trinajstić information content (AvgIpc) is 2.61. The molecule has 0 unspecified atom stereocenters. The number of aromatic nitrogens is 5. The monoisotopic (exact) mass is 218 g/mol. The van der Waals surface area contributed by atoms with Crippen molar-refractivity contribution in [2.75, 3.05) is 5.73 Å². The highest BCUT2D eigenvalue weighted by molar-refractivity contribution is 5.62. The minimum Gasteiger partial charge on any atom is -0.382 e. The van der Waals surface area contributed by atoms with Crippen LogP contribution in [-0.4, -0.2) is 24.7 Å². The fourth-order valence-electron chi connectivity index (χ4n) is 1.49. The Morgan fingerprint density at radius 2 is 2.06 bits per heavy atom. The number of anilines is 1. The molecular formula is C10H14N6. The van der Waals surface area contributed by atoms with Crippen LogP contribution in [0.25, 0.3) is 11.5 Å². The summed E-state index contributed by atoms with van der Waals surface area (Å²) in [6.07, 6.45) is 5.02. The Bertz CT molecular complexity index is 490. The second-order valence-corrected chi connectivity index (χ2v) is 3.52. The molecular weight excluding hydrogens is 204 g/mol. The lowest BCUT2D eigenvalue weighted by molar-refractivity contribution is 0.736. The Kier molecular flexibility index (Phi) is 2.80. The van der Waals surface area contributed by atoms with Crippen LogP contribution in [-0.2, 0) is 13.5 Å². The fourth-order valence-corrected chi connectivity index (χ4v) is 1.49. The van der Waals surface area contributed by atoms with E-state index in [9.17, 15) is 0 Å². The molecule has 2 rings (SSSR count). The smallest absolute Gasteiger partial charge is 0.180 e. The first-order valence-electron chi connectivity index (χ1n) is 5.19. The molecule has 0 aliphatic heterocycles. The van der Waals surface area contributed by atoms with Crippen molar-refractivity contribution in [2.45, 2.75) is 19.8 Å². The lowest BCUT2D eigenvalue weighted by Gasteiger charge is -2.00. The van der Waals surface area contributed by atoms with Crippen LogP contribution in [0.5, 0.6) is 0 Å². The van der Waals surface area contributed by atoms with E-state index in [-0.39, 0.29) is 0 Å². The number of nitrogens with two attached hydrogens (primary N) is 1. The lowest BCUT2D eigenvalue weighted by atomic mass is 10.3. The third-order valence-corrected chi connectivity index (χ3v) is 2.22. The molecule has 0 atom stereocenters. The second kappa shape index (κ2) is 4.26. The molecule has 84 valence electrons. The van der Waals surface area contributed by atoms with Gasteiger partial charge in [-0.05, 0) is 6.42 Å². The van der Waals surface area contributed by atoms with Crippen LogP contribution in [0.2, 0.25) is 0 Å². The molecule has 2 aromatic heterocycles. The van der Waals surface area contributed by atoms with Crippen molar-refractivity contribution < 1.29 is 0 Å². The zero-order chi connectivity index (χ0) is 11.5. The summed E-state index contributed by atoms with van der Waals surface area (Å²) in [5, 5.41) is 4.30. The lowest BCUT2D eigenvalue weighted by Crippen LogP contribution is -2.01. The van der Waals surface area contributed by atoms with Gasteiger partial charge in [-0.1, -0.05) is 6.92 Å². The van der Waals surface area contributed by atoms with E-state index >= 15 is 0 Å². The molecule has 0 amide bonds. The van der Waals surface area contributed by atoms with Gasteiger partial charge in [0.05, 0.1) is 0 Å². The van der Waals surface area contributed by atoms with Gasteiger partial charge < -0.3 is 5.73 Å². The molecule has 0 aliphatic rings. The summed E-state index contributed by atoms with van der Waals surface area (Å²) in [5.41, 5.74) is 6.33. The predicted octanol–water partition coefficient (Wildman–Crippen LogP) is 0.807. The summed E-state index contributed by atoms with van der Waals surface area (Å²) in [6, 6.07) is 0. The van der Waals surface area contributed by atoms with Crippen LogP contribution >= 0.6 is 0 Å². The van der Waals surface area contributed by atoms with Gasteiger partial charge in [0.25, 0.3) is 0 Å². The van der Waals surface area contributed by atoms with E-state index in [1.165, 1.54) is 0 Å². The van der Waals surface area contributed by atoms with Crippen molar-refractivity contribution in [1.82, 2.24) is 24.7 Å². The summed E-state index contributed by atoms with van der Waals surface area (Å²) in [5.74, 6) is 1.85. The van der Waals surface area contributed by atoms with Gasteiger partial charge in [-0.25, -0.2) is 19.6 Å². The summed E-state index contributed by atoms with van der Waals surface area (Å²) in [4.78, 5) is 12.6. The fraction of sp³-hybridized carbons (Fsp3) is 0.400. The molecule has 6 nitrogen and oxygen atoms in total. The Morgan fingerprint density at radius 1 is 1.31 bits per heavy atom. The molecule has 6 heteroatoms. The van der Waals surface area contributed by atoms with E-state index in [0.29, 0.717) is 17.3 Å². The van der Waals surface area contributed by atoms with Crippen LogP contribution < -0.4 is 5.73 Å². The number of aryl methyl sites for hydroxylation is 2. The number of hydrogen-bond donors (Lipinski definition) is 1.